The molecule has 6 nitrogen and oxygen atoms in total. The van der Waals surface area contributed by atoms with Gasteiger partial charge in [0.15, 0.2) is 6.04 Å². The zero-order valence-corrected chi connectivity index (χ0v) is 13.2. The zero-order valence-electron chi connectivity index (χ0n) is 13.2. The average Bonchev–Trinajstić information content (AvgIpc) is 2.82. The van der Waals surface area contributed by atoms with Gasteiger partial charge in [-0.1, -0.05) is 12.1 Å². The Morgan fingerprint density at radius 1 is 1.26 bits per heavy atom. The summed E-state index contributed by atoms with van der Waals surface area (Å²) in [5.41, 5.74) is 7.01. The highest BCUT2D eigenvalue weighted by molar-refractivity contribution is 6.21. The van der Waals surface area contributed by atoms with Gasteiger partial charge in [-0.05, 0) is 24.6 Å². The molecule has 2 aliphatic heterocycles. The van der Waals surface area contributed by atoms with Crippen LogP contribution in [0.1, 0.15) is 24.8 Å². The largest absolute Gasteiger partial charge is 0.369 e. The van der Waals surface area contributed by atoms with Crippen molar-refractivity contribution in [2.24, 2.45) is 11.7 Å². The molecule has 0 aliphatic carbocycles. The van der Waals surface area contributed by atoms with Crippen molar-refractivity contribution in [3.8, 4) is 0 Å². The van der Waals surface area contributed by atoms with Gasteiger partial charge in [0.05, 0.1) is 25.2 Å². The fraction of sp³-hybridized carbons (Fsp3) is 0.471. The number of carbonyl (C=O) groups excluding carboxylic acids is 3. The molecule has 2 fully saturated rings. The summed E-state index contributed by atoms with van der Waals surface area (Å²) in [7, 11) is 0. The van der Waals surface area contributed by atoms with Crippen molar-refractivity contribution >= 4 is 23.4 Å². The fourth-order valence-electron chi connectivity index (χ4n) is 3.61. The van der Waals surface area contributed by atoms with Crippen molar-refractivity contribution in [2.45, 2.75) is 32.2 Å². The maximum atomic E-state index is 12.7. The minimum atomic E-state index is -0.336. The number of primary amides is 1. The third-order valence-electron chi connectivity index (χ3n) is 4.93. The van der Waals surface area contributed by atoms with E-state index in [2.05, 4.69) is 0 Å². The van der Waals surface area contributed by atoms with Crippen molar-refractivity contribution in [1.29, 1.82) is 0 Å². The summed E-state index contributed by atoms with van der Waals surface area (Å²) in [4.78, 5) is 38.7. The molecule has 0 saturated carbocycles. The minimum Gasteiger partial charge on any atom is -0.369 e. The maximum absolute atomic E-state index is 12.7. The van der Waals surface area contributed by atoms with E-state index in [0.717, 1.165) is 10.5 Å². The lowest BCUT2D eigenvalue weighted by Crippen LogP contribution is -3.17. The van der Waals surface area contributed by atoms with Crippen LogP contribution in [0.4, 0.5) is 5.69 Å². The molecule has 2 saturated heterocycles. The Morgan fingerprint density at radius 3 is 2.57 bits per heavy atom. The van der Waals surface area contributed by atoms with E-state index < -0.39 is 0 Å². The van der Waals surface area contributed by atoms with Gasteiger partial charge in [-0.2, -0.15) is 0 Å². The van der Waals surface area contributed by atoms with Crippen LogP contribution in [-0.4, -0.2) is 36.9 Å². The molecule has 3 amide bonds. The van der Waals surface area contributed by atoms with E-state index in [1.807, 2.05) is 25.1 Å². The molecule has 1 aromatic rings. The number of imide groups is 1. The van der Waals surface area contributed by atoms with Crippen LogP contribution in [0.2, 0.25) is 0 Å². The van der Waals surface area contributed by atoms with Crippen molar-refractivity contribution in [3.63, 3.8) is 0 Å². The number of benzene rings is 1. The van der Waals surface area contributed by atoms with Crippen molar-refractivity contribution < 1.29 is 19.3 Å². The maximum Gasteiger partial charge on any atom is 0.292 e. The summed E-state index contributed by atoms with van der Waals surface area (Å²) in [6.45, 7) is 3.35. The highest BCUT2D eigenvalue weighted by Gasteiger charge is 2.46. The number of nitrogens with zero attached hydrogens (tertiary/aromatic N) is 1. The second-order valence-electron chi connectivity index (χ2n) is 6.50. The van der Waals surface area contributed by atoms with Crippen LogP contribution in [0.5, 0.6) is 0 Å². The van der Waals surface area contributed by atoms with Crippen molar-refractivity contribution in [3.05, 3.63) is 29.8 Å². The second kappa shape index (κ2) is 6.12. The van der Waals surface area contributed by atoms with E-state index in [1.54, 1.807) is 6.07 Å². The Labute approximate surface area is 135 Å². The predicted molar refractivity (Wildman–Crippen MR) is 84.7 cm³/mol. The molecule has 3 N–H and O–H groups in total. The first kappa shape index (κ1) is 15.7. The Hall–Kier alpha value is -2.21. The molecule has 0 spiro atoms. The number of quaternary nitrogens is 1. The number of piperidine rings is 1. The van der Waals surface area contributed by atoms with Crippen LogP contribution in [0.15, 0.2) is 24.3 Å². The van der Waals surface area contributed by atoms with Gasteiger partial charge in [0, 0.05) is 18.8 Å². The van der Waals surface area contributed by atoms with Gasteiger partial charge < -0.3 is 10.6 Å². The number of anilines is 1. The molecule has 3 rings (SSSR count). The number of likely N-dealkylation sites (tertiary alicyclic amines) is 1. The fourth-order valence-corrected chi connectivity index (χ4v) is 3.61. The predicted octanol–water partition coefficient (Wildman–Crippen LogP) is -0.593. The van der Waals surface area contributed by atoms with Gasteiger partial charge in [0.1, 0.15) is 0 Å². The topological polar surface area (TPSA) is 84.9 Å². The SMILES string of the molecule is Cc1cccc(N2C(=O)C[C@H]([NH+]3CCC(C(N)=O)CC3)C2=O)c1. The second-order valence-corrected chi connectivity index (χ2v) is 6.50. The molecule has 122 valence electrons. The number of nitrogens with one attached hydrogen (secondary N) is 1. The Bertz CT molecular complexity index is 650. The van der Waals surface area contributed by atoms with Gasteiger partial charge in [0.2, 0.25) is 11.8 Å². The monoisotopic (exact) mass is 316 g/mol. The Morgan fingerprint density at radius 2 is 1.96 bits per heavy atom. The Balaban J connectivity index is 1.73. The number of aryl methyl sites for hydroxylation is 1. The van der Waals surface area contributed by atoms with E-state index in [9.17, 15) is 14.4 Å². The van der Waals surface area contributed by atoms with Crippen LogP contribution >= 0.6 is 0 Å². The summed E-state index contributed by atoms with van der Waals surface area (Å²) in [6, 6.07) is 7.10. The molecule has 2 aliphatic rings. The first-order valence-corrected chi connectivity index (χ1v) is 8.04. The molecule has 0 bridgehead atoms. The van der Waals surface area contributed by atoms with Crippen LogP contribution in [0.25, 0.3) is 0 Å². The molecule has 1 aromatic carbocycles. The standard InChI is InChI=1S/C17H21N3O3/c1-11-3-2-4-13(9-11)20-15(21)10-14(17(20)23)19-7-5-12(6-8-19)16(18)22/h2-4,9,12,14H,5-8,10H2,1H3,(H2,18,22)/p+1/t14-/m0/s1. The van der Waals surface area contributed by atoms with E-state index in [4.69, 9.17) is 5.73 Å². The number of hydrogen-bond donors (Lipinski definition) is 2. The van der Waals surface area contributed by atoms with Gasteiger partial charge >= 0.3 is 0 Å². The lowest BCUT2D eigenvalue weighted by Gasteiger charge is -2.30. The molecule has 0 radical (unpaired) electrons. The molecule has 0 unspecified atom stereocenters. The third kappa shape index (κ3) is 2.99. The lowest BCUT2D eigenvalue weighted by atomic mass is 9.95. The molecule has 1 atom stereocenters. The average molecular weight is 316 g/mol. The zero-order chi connectivity index (χ0) is 16.6. The van der Waals surface area contributed by atoms with Gasteiger partial charge in [0.25, 0.3) is 5.91 Å². The normalized spacial score (nSPS) is 28.2. The number of nitrogens with two attached hydrogens (primary N) is 1. The van der Waals surface area contributed by atoms with E-state index in [0.29, 0.717) is 31.6 Å². The van der Waals surface area contributed by atoms with Gasteiger partial charge in [-0.3, -0.25) is 14.4 Å². The first-order chi connectivity index (χ1) is 11.0. The van der Waals surface area contributed by atoms with Crippen LogP contribution in [-0.2, 0) is 14.4 Å². The third-order valence-corrected chi connectivity index (χ3v) is 4.93. The highest BCUT2D eigenvalue weighted by Crippen LogP contribution is 2.23. The lowest BCUT2D eigenvalue weighted by molar-refractivity contribution is -0.920. The highest BCUT2D eigenvalue weighted by atomic mass is 16.2. The van der Waals surface area contributed by atoms with Crippen LogP contribution in [0, 0.1) is 12.8 Å². The van der Waals surface area contributed by atoms with Crippen molar-refractivity contribution in [2.75, 3.05) is 18.0 Å². The first-order valence-electron chi connectivity index (χ1n) is 8.04. The van der Waals surface area contributed by atoms with E-state index in [1.165, 1.54) is 4.90 Å². The van der Waals surface area contributed by atoms with Crippen LogP contribution in [0.3, 0.4) is 0 Å². The molecule has 23 heavy (non-hydrogen) atoms. The molecule has 2 heterocycles. The summed E-state index contributed by atoms with van der Waals surface area (Å²) in [6.07, 6.45) is 1.61. The number of carbonyl (C=O) groups is 3. The summed E-state index contributed by atoms with van der Waals surface area (Å²) in [5, 5.41) is 0. The number of rotatable bonds is 3. The quantitative estimate of drug-likeness (QED) is 0.731. The van der Waals surface area contributed by atoms with Crippen LogP contribution < -0.4 is 15.5 Å². The van der Waals surface area contributed by atoms with Crippen molar-refractivity contribution in [1.82, 2.24) is 0 Å². The minimum absolute atomic E-state index is 0.0983. The Kier molecular flexibility index (Phi) is 4.17. The molecule has 6 heteroatoms. The van der Waals surface area contributed by atoms with E-state index >= 15 is 0 Å². The number of amides is 3. The summed E-state index contributed by atoms with van der Waals surface area (Å²) >= 11 is 0. The summed E-state index contributed by atoms with van der Waals surface area (Å²) in [5.74, 6) is -0.638. The smallest absolute Gasteiger partial charge is 0.292 e. The number of hydrogen-bond acceptors (Lipinski definition) is 3. The molecular weight excluding hydrogens is 294 g/mol. The summed E-state index contributed by atoms with van der Waals surface area (Å²) < 4.78 is 0. The molecule has 0 aromatic heterocycles. The van der Waals surface area contributed by atoms with Gasteiger partial charge in [-0.15, -0.1) is 0 Å². The van der Waals surface area contributed by atoms with E-state index in [-0.39, 0.29) is 36.1 Å². The van der Waals surface area contributed by atoms with Gasteiger partial charge in [-0.25, -0.2) is 4.90 Å². The molecular formula is C17H22N3O3+.